The van der Waals surface area contributed by atoms with E-state index in [1.165, 1.54) is 0 Å². The highest BCUT2D eigenvalue weighted by atomic mass is 32.1. The Labute approximate surface area is 176 Å². The predicted octanol–water partition coefficient (Wildman–Crippen LogP) is 3.42. The van der Waals surface area contributed by atoms with Gasteiger partial charge >= 0.3 is 0 Å². The number of piperazine rings is 1. The van der Waals surface area contributed by atoms with E-state index < -0.39 is 0 Å². The second kappa shape index (κ2) is 9.57. The molecule has 0 saturated carbocycles. The minimum Gasteiger partial charge on any atom is -0.495 e. The first-order chi connectivity index (χ1) is 13.6. The largest absolute Gasteiger partial charge is 0.495 e. The molecule has 0 unspecified atom stereocenters. The van der Waals surface area contributed by atoms with Crippen molar-refractivity contribution < 1.29 is 9.47 Å². The standard InChI is InChI=1S/C20H24N4O2S2/c1-25-17-9-5-3-7-15(17)21-19(27)23-11-13-24(14-12-23)20(28)22-16-8-4-6-10-18(16)26-2/h3-10H,11-14H2,1-2H3,(H,21,27)(H,22,28). The van der Waals surface area contributed by atoms with Crippen molar-refractivity contribution >= 4 is 46.0 Å². The Morgan fingerprint density at radius 2 is 1.07 bits per heavy atom. The first-order valence-corrected chi connectivity index (χ1v) is 9.82. The third-order valence-electron chi connectivity index (χ3n) is 4.55. The van der Waals surface area contributed by atoms with E-state index >= 15 is 0 Å². The van der Waals surface area contributed by atoms with Gasteiger partial charge in [-0.25, -0.2) is 0 Å². The fourth-order valence-corrected chi connectivity index (χ4v) is 3.58. The van der Waals surface area contributed by atoms with E-state index in [9.17, 15) is 0 Å². The van der Waals surface area contributed by atoms with Crippen LogP contribution in [0.5, 0.6) is 11.5 Å². The molecule has 0 amide bonds. The van der Waals surface area contributed by atoms with Crippen LogP contribution in [-0.4, -0.2) is 60.4 Å². The van der Waals surface area contributed by atoms with Crippen LogP contribution in [0.2, 0.25) is 0 Å². The second-order valence-electron chi connectivity index (χ2n) is 6.23. The van der Waals surface area contributed by atoms with Crippen LogP contribution < -0.4 is 20.1 Å². The molecule has 8 heteroatoms. The summed E-state index contributed by atoms with van der Waals surface area (Å²) in [6.07, 6.45) is 0. The van der Waals surface area contributed by atoms with Crippen LogP contribution in [0.3, 0.4) is 0 Å². The molecule has 0 atom stereocenters. The molecular weight excluding hydrogens is 392 g/mol. The fraction of sp³-hybridized carbons (Fsp3) is 0.300. The number of ether oxygens (including phenoxy) is 2. The first-order valence-electron chi connectivity index (χ1n) is 9.00. The van der Waals surface area contributed by atoms with Gasteiger partial charge in [-0.1, -0.05) is 24.3 Å². The maximum atomic E-state index is 5.58. The van der Waals surface area contributed by atoms with Crippen molar-refractivity contribution in [3.05, 3.63) is 48.5 Å². The molecule has 1 aliphatic heterocycles. The minimum absolute atomic E-state index is 0.688. The van der Waals surface area contributed by atoms with Crippen LogP contribution in [0.25, 0.3) is 0 Å². The number of rotatable bonds is 4. The smallest absolute Gasteiger partial charge is 0.173 e. The summed E-state index contributed by atoms with van der Waals surface area (Å²) in [5, 5.41) is 7.93. The molecule has 0 bridgehead atoms. The zero-order valence-electron chi connectivity index (χ0n) is 16.0. The first kappa shape index (κ1) is 20.2. The van der Waals surface area contributed by atoms with Gasteiger partial charge in [0.15, 0.2) is 10.2 Å². The summed E-state index contributed by atoms with van der Waals surface area (Å²) >= 11 is 11.2. The van der Waals surface area contributed by atoms with Crippen molar-refractivity contribution in [2.75, 3.05) is 51.0 Å². The van der Waals surface area contributed by atoms with Gasteiger partial charge in [-0.15, -0.1) is 0 Å². The Balaban J connectivity index is 1.53. The lowest BCUT2D eigenvalue weighted by Gasteiger charge is -2.37. The molecule has 3 rings (SSSR count). The lowest BCUT2D eigenvalue weighted by Crippen LogP contribution is -2.52. The normalized spacial score (nSPS) is 13.6. The van der Waals surface area contributed by atoms with Gasteiger partial charge in [0.2, 0.25) is 0 Å². The SMILES string of the molecule is COc1ccccc1NC(=S)N1CCN(C(=S)Nc2ccccc2OC)CC1. The lowest BCUT2D eigenvalue weighted by atomic mass is 10.3. The monoisotopic (exact) mass is 416 g/mol. The molecule has 1 heterocycles. The number of nitrogens with one attached hydrogen (secondary N) is 2. The average Bonchev–Trinajstić information content (AvgIpc) is 2.74. The van der Waals surface area contributed by atoms with Gasteiger partial charge in [0, 0.05) is 26.2 Å². The summed E-state index contributed by atoms with van der Waals surface area (Å²) in [5.74, 6) is 1.54. The molecule has 2 aromatic carbocycles. The van der Waals surface area contributed by atoms with Crippen molar-refractivity contribution in [3.63, 3.8) is 0 Å². The van der Waals surface area contributed by atoms with E-state index in [2.05, 4.69) is 20.4 Å². The molecule has 2 aromatic rings. The van der Waals surface area contributed by atoms with Gasteiger partial charge in [-0.2, -0.15) is 0 Å². The van der Waals surface area contributed by atoms with E-state index in [-0.39, 0.29) is 0 Å². The summed E-state index contributed by atoms with van der Waals surface area (Å²) in [6, 6.07) is 15.5. The van der Waals surface area contributed by atoms with Crippen LogP contribution in [-0.2, 0) is 0 Å². The molecule has 0 aromatic heterocycles. The Hall–Kier alpha value is -2.58. The summed E-state index contributed by atoms with van der Waals surface area (Å²) in [6.45, 7) is 3.15. The number of thiocarbonyl (C=S) groups is 2. The Kier molecular flexibility index (Phi) is 6.89. The molecule has 28 heavy (non-hydrogen) atoms. The highest BCUT2D eigenvalue weighted by Gasteiger charge is 2.21. The number of methoxy groups -OCH3 is 2. The quantitative estimate of drug-likeness (QED) is 0.736. The number of hydrogen-bond acceptors (Lipinski definition) is 4. The van der Waals surface area contributed by atoms with Gasteiger partial charge in [0.25, 0.3) is 0 Å². The summed E-state index contributed by atoms with van der Waals surface area (Å²) in [7, 11) is 3.30. The summed E-state index contributed by atoms with van der Waals surface area (Å²) < 4.78 is 10.7. The third-order valence-corrected chi connectivity index (χ3v) is 5.27. The van der Waals surface area contributed by atoms with E-state index in [0.29, 0.717) is 10.2 Å². The maximum absolute atomic E-state index is 5.58. The Morgan fingerprint density at radius 1 is 0.714 bits per heavy atom. The molecule has 0 spiro atoms. The lowest BCUT2D eigenvalue weighted by molar-refractivity contribution is 0.264. The van der Waals surface area contributed by atoms with Gasteiger partial charge in [0.05, 0.1) is 25.6 Å². The van der Waals surface area contributed by atoms with E-state index in [4.69, 9.17) is 33.9 Å². The zero-order valence-corrected chi connectivity index (χ0v) is 17.6. The predicted molar refractivity (Wildman–Crippen MR) is 122 cm³/mol. The highest BCUT2D eigenvalue weighted by molar-refractivity contribution is 7.80. The molecule has 1 fully saturated rings. The molecule has 0 radical (unpaired) electrons. The number of para-hydroxylation sites is 4. The number of nitrogens with zero attached hydrogens (tertiary/aromatic N) is 2. The van der Waals surface area contributed by atoms with Crippen LogP contribution in [0, 0.1) is 0 Å². The molecular formula is C20H24N4O2S2. The second-order valence-corrected chi connectivity index (χ2v) is 7.01. The highest BCUT2D eigenvalue weighted by Crippen LogP contribution is 2.25. The van der Waals surface area contributed by atoms with E-state index in [1.54, 1.807) is 14.2 Å². The molecule has 2 N–H and O–H groups in total. The number of benzene rings is 2. The van der Waals surface area contributed by atoms with Crippen molar-refractivity contribution in [2.45, 2.75) is 0 Å². The van der Waals surface area contributed by atoms with Gasteiger partial charge in [-0.3, -0.25) is 0 Å². The molecule has 1 saturated heterocycles. The maximum Gasteiger partial charge on any atom is 0.173 e. The minimum atomic E-state index is 0.688. The number of hydrogen-bond donors (Lipinski definition) is 2. The Bertz CT molecular complexity index is 769. The average molecular weight is 417 g/mol. The molecule has 148 valence electrons. The van der Waals surface area contributed by atoms with Gasteiger partial charge < -0.3 is 29.9 Å². The number of anilines is 2. The zero-order chi connectivity index (χ0) is 19.9. The van der Waals surface area contributed by atoms with E-state index in [1.807, 2.05) is 48.5 Å². The van der Waals surface area contributed by atoms with Crippen molar-refractivity contribution in [3.8, 4) is 11.5 Å². The van der Waals surface area contributed by atoms with Crippen LogP contribution in [0.15, 0.2) is 48.5 Å². The molecule has 1 aliphatic rings. The summed E-state index contributed by atoms with van der Waals surface area (Å²) in [5.41, 5.74) is 1.73. The van der Waals surface area contributed by atoms with Gasteiger partial charge in [0.1, 0.15) is 11.5 Å². The molecule has 6 nitrogen and oxygen atoms in total. The summed E-state index contributed by atoms with van der Waals surface area (Å²) in [4.78, 5) is 4.29. The topological polar surface area (TPSA) is 49.0 Å². The molecule has 0 aliphatic carbocycles. The van der Waals surface area contributed by atoms with E-state index in [0.717, 1.165) is 49.1 Å². The Morgan fingerprint density at radius 3 is 1.43 bits per heavy atom. The van der Waals surface area contributed by atoms with Gasteiger partial charge in [-0.05, 0) is 48.7 Å². The van der Waals surface area contributed by atoms with Crippen molar-refractivity contribution in [1.29, 1.82) is 0 Å². The van der Waals surface area contributed by atoms with Crippen LogP contribution >= 0.6 is 24.4 Å². The van der Waals surface area contributed by atoms with Crippen LogP contribution in [0.1, 0.15) is 0 Å². The van der Waals surface area contributed by atoms with Crippen LogP contribution in [0.4, 0.5) is 11.4 Å². The van der Waals surface area contributed by atoms with Crippen molar-refractivity contribution in [1.82, 2.24) is 9.80 Å². The van der Waals surface area contributed by atoms with Crippen molar-refractivity contribution in [2.24, 2.45) is 0 Å². The third kappa shape index (κ3) is 4.82. The fourth-order valence-electron chi connectivity index (χ4n) is 3.00.